The molecule has 0 amide bonds. The zero-order chi connectivity index (χ0) is 13.4. The molecule has 0 aliphatic rings. The molecule has 0 aromatic heterocycles. The highest BCUT2D eigenvalue weighted by Gasteiger charge is 2.10. The summed E-state index contributed by atoms with van der Waals surface area (Å²) in [6.07, 6.45) is 3.16. The van der Waals surface area contributed by atoms with Gasteiger partial charge >= 0.3 is 0 Å². The smallest absolute Gasteiger partial charge is 0.161 e. The highest BCUT2D eigenvalue weighted by atomic mass is 16.5. The standard InChI is InChI=1S/C15H25NO2/c1-4-10-18-14-8-7-13(11-15(14)17-3)12(2)6-5-9-16/h7-8,11-12H,4-6,9-10,16H2,1-3H3. The van der Waals surface area contributed by atoms with E-state index in [1.165, 1.54) is 5.56 Å². The van der Waals surface area contributed by atoms with Crippen LogP contribution in [0.3, 0.4) is 0 Å². The average Bonchev–Trinajstić information content (AvgIpc) is 2.42. The first-order chi connectivity index (χ1) is 8.72. The number of hydrogen-bond donors (Lipinski definition) is 1. The van der Waals surface area contributed by atoms with E-state index >= 15 is 0 Å². The van der Waals surface area contributed by atoms with Crippen molar-refractivity contribution in [3.05, 3.63) is 23.8 Å². The van der Waals surface area contributed by atoms with Crippen LogP contribution in [0.5, 0.6) is 11.5 Å². The van der Waals surface area contributed by atoms with E-state index in [-0.39, 0.29) is 0 Å². The van der Waals surface area contributed by atoms with Crippen molar-refractivity contribution >= 4 is 0 Å². The molecule has 1 rings (SSSR count). The SMILES string of the molecule is CCCOc1ccc(C(C)CCCN)cc1OC. The number of nitrogens with two attached hydrogens (primary N) is 1. The third-order valence-corrected chi connectivity index (χ3v) is 3.06. The van der Waals surface area contributed by atoms with Gasteiger partial charge in [-0.1, -0.05) is 19.9 Å². The summed E-state index contributed by atoms with van der Waals surface area (Å²) in [5, 5.41) is 0. The highest BCUT2D eigenvalue weighted by molar-refractivity contribution is 5.43. The molecule has 3 nitrogen and oxygen atoms in total. The summed E-state index contributed by atoms with van der Waals surface area (Å²) in [6.45, 7) is 5.78. The van der Waals surface area contributed by atoms with E-state index in [0.717, 1.165) is 43.9 Å². The molecule has 1 atom stereocenters. The highest BCUT2D eigenvalue weighted by Crippen LogP contribution is 2.32. The van der Waals surface area contributed by atoms with Crippen molar-refractivity contribution in [2.45, 2.75) is 39.0 Å². The molecule has 18 heavy (non-hydrogen) atoms. The number of ether oxygens (including phenoxy) is 2. The third kappa shape index (κ3) is 4.22. The summed E-state index contributed by atoms with van der Waals surface area (Å²) < 4.78 is 11.0. The van der Waals surface area contributed by atoms with Gasteiger partial charge in [0.2, 0.25) is 0 Å². The van der Waals surface area contributed by atoms with Crippen LogP contribution in [-0.4, -0.2) is 20.3 Å². The van der Waals surface area contributed by atoms with Gasteiger partial charge in [-0.05, 0) is 49.4 Å². The molecule has 1 aromatic rings. The Morgan fingerprint density at radius 1 is 1.28 bits per heavy atom. The molecule has 2 N–H and O–H groups in total. The molecule has 0 fully saturated rings. The lowest BCUT2D eigenvalue weighted by molar-refractivity contribution is 0.294. The molecule has 0 radical (unpaired) electrons. The minimum absolute atomic E-state index is 0.502. The molecule has 0 saturated carbocycles. The second kappa shape index (κ2) is 7.98. The van der Waals surface area contributed by atoms with Crippen molar-refractivity contribution in [1.29, 1.82) is 0 Å². The number of methoxy groups -OCH3 is 1. The van der Waals surface area contributed by atoms with Gasteiger partial charge in [-0.15, -0.1) is 0 Å². The number of rotatable bonds is 8. The van der Waals surface area contributed by atoms with Gasteiger partial charge in [0.1, 0.15) is 0 Å². The maximum atomic E-state index is 5.65. The van der Waals surface area contributed by atoms with Gasteiger partial charge in [0.05, 0.1) is 13.7 Å². The predicted octanol–water partition coefficient (Wildman–Crippen LogP) is 3.33. The summed E-state index contributed by atoms with van der Waals surface area (Å²) in [5.41, 5.74) is 6.83. The Morgan fingerprint density at radius 2 is 2.06 bits per heavy atom. The summed E-state index contributed by atoms with van der Waals surface area (Å²) in [4.78, 5) is 0. The minimum atomic E-state index is 0.502. The van der Waals surface area contributed by atoms with Gasteiger partial charge in [-0.3, -0.25) is 0 Å². The molecular formula is C15H25NO2. The predicted molar refractivity (Wildman–Crippen MR) is 75.5 cm³/mol. The van der Waals surface area contributed by atoms with Crippen LogP contribution in [-0.2, 0) is 0 Å². The van der Waals surface area contributed by atoms with E-state index in [9.17, 15) is 0 Å². The molecule has 0 saturated heterocycles. The minimum Gasteiger partial charge on any atom is -0.493 e. The number of benzene rings is 1. The van der Waals surface area contributed by atoms with Crippen LogP contribution in [0.1, 0.15) is 44.6 Å². The molecule has 1 aromatic carbocycles. The van der Waals surface area contributed by atoms with E-state index < -0.39 is 0 Å². The van der Waals surface area contributed by atoms with Gasteiger partial charge in [0.25, 0.3) is 0 Å². The van der Waals surface area contributed by atoms with Gasteiger partial charge in [0, 0.05) is 0 Å². The van der Waals surface area contributed by atoms with E-state index in [4.69, 9.17) is 15.2 Å². The van der Waals surface area contributed by atoms with Crippen molar-refractivity contribution in [2.24, 2.45) is 5.73 Å². The first kappa shape index (κ1) is 14.8. The van der Waals surface area contributed by atoms with Crippen molar-refractivity contribution in [3.8, 4) is 11.5 Å². The second-order valence-corrected chi connectivity index (χ2v) is 4.59. The Hall–Kier alpha value is -1.22. The number of hydrogen-bond acceptors (Lipinski definition) is 3. The molecule has 0 aliphatic heterocycles. The van der Waals surface area contributed by atoms with Crippen LogP contribution < -0.4 is 15.2 Å². The molecule has 3 heteroatoms. The third-order valence-electron chi connectivity index (χ3n) is 3.06. The molecule has 102 valence electrons. The lowest BCUT2D eigenvalue weighted by atomic mass is 9.96. The fourth-order valence-corrected chi connectivity index (χ4v) is 1.91. The Bertz CT molecular complexity index is 352. The van der Waals surface area contributed by atoms with Crippen molar-refractivity contribution in [1.82, 2.24) is 0 Å². The lowest BCUT2D eigenvalue weighted by Gasteiger charge is -2.15. The quantitative estimate of drug-likeness (QED) is 0.770. The summed E-state index contributed by atoms with van der Waals surface area (Å²) in [7, 11) is 1.68. The maximum Gasteiger partial charge on any atom is 0.161 e. The molecular weight excluding hydrogens is 226 g/mol. The van der Waals surface area contributed by atoms with E-state index in [0.29, 0.717) is 5.92 Å². The molecule has 0 heterocycles. The summed E-state index contributed by atoms with van der Waals surface area (Å²) >= 11 is 0. The average molecular weight is 251 g/mol. The normalized spacial score (nSPS) is 12.2. The summed E-state index contributed by atoms with van der Waals surface area (Å²) in [6, 6.07) is 6.20. The van der Waals surface area contributed by atoms with Gasteiger partial charge in [-0.2, -0.15) is 0 Å². The van der Waals surface area contributed by atoms with Crippen LogP contribution in [0.2, 0.25) is 0 Å². The fourth-order valence-electron chi connectivity index (χ4n) is 1.91. The van der Waals surface area contributed by atoms with E-state index in [2.05, 4.69) is 26.0 Å². The molecule has 0 aliphatic carbocycles. The first-order valence-electron chi connectivity index (χ1n) is 6.73. The van der Waals surface area contributed by atoms with E-state index in [1.54, 1.807) is 7.11 Å². The molecule has 1 unspecified atom stereocenters. The zero-order valence-corrected chi connectivity index (χ0v) is 11.7. The van der Waals surface area contributed by atoms with Crippen LogP contribution in [0.25, 0.3) is 0 Å². The Kier molecular flexibility index (Phi) is 6.58. The first-order valence-corrected chi connectivity index (χ1v) is 6.73. The monoisotopic (exact) mass is 251 g/mol. The van der Waals surface area contributed by atoms with Crippen molar-refractivity contribution < 1.29 is 9.47 Å². The van der Waals surface area contributed by atoms with Crippen molar-refractivity contribution in [2.75, 3.05) is 20.3 Å². The summed E-state index contributed by atoms with van der Waals surface area (Å²) in [5.74, 6) is 2.15. The van der Waals surface area contributed by atoms with E-state index in [1.807, 2.05) is 6.07 Å². The molecule has 0 spiro atoms. The Balaban J connectivity index is 2.77. The van der Waals surface area contributed by atoms with Crippen LogP contribution in [0, 0.1) is 0 Å². The largest absolute Gasteiger partial charge is 0.493 e. The topological polar surface area (TPSA) is 44.5 Å². The van der Waals surface area contributed by atoms with Crippen LogP contribution in [0.4, 0.5) is 0 Å². The molecule has 0 bridgehead atoms. The Morgan fingerprint density at radius 3 is 2.67 bits per heavy atom. The zero-order valence-electron chi connectivity index (χ0n) is 11.7. The van der Waals surface area contributed by atoms with Crippen LogP contribution >= 0.6 is 0 Å². The fraction of sp³-hybridized carbons (Fsp3) is 0.600. The maximum absolute atomic E-state index is 5.65. The van der Waals surface area contributed by atoms with Crippen molar-refractivity contribution in [3.63, 3.8) is 0 Å². The van der Waals surface area contributed by atoms with Gasteiger partial charge < -0.3 is 15.2 Å². The Labute approximate surface area is 110 Å². The lowest BCUT2D eigenvalue weighted by Crippen LogP contribution is -2.03. The van der Waals surface area contributed by atoms with Gasteiger partial charge in [-0.25, -0.2) is 0 Å². The second-order valence-electron chi connectivity index (χ2n) is 4.59. The van der Waals surface area contributed by atoms with Crippen LogP contribution in [0.15, 0.2) is 18.2 Å². The van der Waals surface area contributed by atoms with Gasteiger partial charge in [0.15, 0.2) is 11.5 Å².